The zero-order valence-corrected chi connectivity index (χ0v) is 24.2. The molecule has 2 aromatic carbocycles. The molecule has 3 aromatic rings. The summed E-state index contributed by atoms with van der Waals surface area (Å²) in [7, 11) is 0. The number of benzene rings is 2. The Morgan fingerprint density at radius 1 is 1.20 bits per heavy atom. The molecule has 1 aromatic heterocycles. The Labute approximate surface area is 235 Å². The van der Waals surface area contributed by atoms with Crippen LogP contribution in [0.1, 0.15) is 64.2 Å². The fourth-order valence-corrected chi connectivity index (χ4v) is 4.69. The number of carbonyl (C=O) groups excluding carboxylic acids is 2. The molecule has 4 rings (SSSR count). The van der Waals surface area contributed by atoms with Crippen molar-refractivity contribution in [1.29, 1.82) is 0 Å². The molecule has 0 fully saturated rings. The Morgan fingerprint density at radius 2 is 1.98 bits per heavy atom. The second-order valence-electron chi connectivity index (χ2n) is 11.3. The van der Waals surface area contributed by atoms with Crippen LogP contribution in [0.3, 0.4) is 0 Å². The van der Waals surface area contributed by atoms with Gasteiger partial charge in [-0.05, 0) is 89.3 Å². The highest BCUT2D eigenvalue weighted by atomic mass is 16.6. The lowest BCUT2D eigenvalue weighted by atomic mass is 9.91. The third-order valence-corrected chi connectivity index (χ3v) is 6.56. The average Bonchev–Trinajstić information content (AvgIpc) is 3.36. The highest BCUT2D eigenvalue weighted by molar-refractivity contribution is 5.77. The first-order chi connectivity index (χ1) is 18.9. The van der Waals surface area contributed by atoms with Gasteiger partial charge in [-0.15, -0.1) is 0 Å². The van der Waals surface area contributed by atoms with Crippen molar-refractivity contribution in [2.45, 2.75) is 79.1 Å². The first kappa shape index (κ1) is 28.9. The SMILES string of the molecule is Cc1c(-c2noc(-c3ccc(OC(C)C)c(N)c3)n2)ccc2c1CCN(C(=O)CCCNC(=O)OC(C)(C)C)C2. The van der Waals surface area contributed by atoms with Crippen molar-refractivity contribution in [3.05, 3.63) is 47.0 Å². The van der Waals surface area contributed by atoms with Crippen molar-refractivity contribution in [2.24, 2.45) is 0 Å². The van der Waals surface area contributed by atoms with Crippen LogP contribution in [0.25, 0.3) is 22.8 Å². The largest absolute Gasteiger partial charge is 0.489 e. The molecule has 0 atom stereocenters. The van der Waals surface area contributed by atoms with Crippen LogP contribution in [0.15, 0.2) is 34.9 Å². The summed E-state index contributed by atoms with van der Waals surface area (Å²) in [6.07, 6.45) is 1.22. The van der Waals surface area contributed by atoms with Crippen LogP contribution < -0.4 is 15.8 Å². The van der Waals surface area contributed by atoms with Gasteiger partial charge in [-0.3, -0.25) is 4.79 Å². The van der Waals surface area contributed by atoms with Gasteiger partial charge in [0.2, 0.25) is 11.7 Å². The van der Waals surface area contributed by atoms with Crippen molar-refractivity contribution in [1.82, 2.24) is 20.4 Å². The van der Waals surface area contributed by atoms with E-state index in [1.54, 1.807) is 6.07 Å². The Bertz CT molecular complexity index is 1380. The number of hydrogen-bond donors (Lipinski definition) is 2. The number of carbonyl (C=O) groups is 2. The summed E-state index contributed by atoms with van der Waals surface area (Å²) in [5.74, 6) is 1.58. The maximum Gasteiger partial charge on any atom is 0.407 e. The maximum absolute atomic E-state index is 12.8. The van der Waals surface area contributed by atoms with Crippen LogP contribution in [0, 0.1) is 6.92 Å². The fourth-order valence-electron chi connectivity index (χ4n) is 4.69. The van der Waals surface area contributed by atoms with Crippen molar-refractivity contribution < 1.29 is 23.6 Å². The highest BCUT2D eigenvalue weighted by Crippen LogP contribution is 2.33. The molecule has 2 heterocycles. The fraction of sp³-hybridized carbons (Fsp3) is 0.467. The van der Waals surface area contributed by atoms with E-state index in [1.807, 2.05) is 63.8 Å². The molecule has 3 N–H and O–H groups in total. The smallest absolute Gasteiger partial charge is 0.407 e. The molecule has 0 spiro atoms. The lowest BCUT2D eigenvalue weighted by molar-refractivity contribution is -0.132. The zero-order valence-electron chi connectivity index (χ0n) is 24.2. The van der Waals surface area contributed by atoms with Gasteiger partial charge in [-0.1, -0.05) is 17.3 Å². The van der Waals surface area contributed by atoms with Crippen LogP contribution in [0.4, 0.5) is 10.5 Å². The molecule has 214 valence electrons. The molecule has 0 bridgehead atoms. The number of fused-ring (bicyclic) bond motifs is 1. The third-order valence-electron chi connectivity index (χ3n) is 6.56. The topological polar surface area (TPSA) is 133 Å². The second kappa shape index (κ2) is 12.0. The van der Waals surface area contributed by atoms with Gasteiger partial charge >= 0.3 is 6.09 Å². The number of ether oxygens (including phenoxy) is 2. The van der Waals surface area contributed by atoms with Gasteiger partial charge in [0.05, 0.1) is 11.8 Å². The molecule has 2 amide bonds. The first-order valence-electron chi connectivity index (χ1n) is 13.7. The van der Waals surface area contributed by atoms with E-state index in [0.717, 1.165) is 28.7 Å². The summed E-state index contributed by atoms with van der Waals surface area (Å²) < 4.78 is 16.5. The Kier molecular flexibility index (Phi) is 8.66. The number of nitrogens with one attached hydrogen (secondary N) is 1. The number of anilines is 1. The molecule has 40 heavy (non-hydrogen) atoms. The molecular weight excluding hydrogens is 510 g/mol. The minimum Gasteiger partial charge on any atom is -0.489 e. The average molecular weight is 550 g/mol. The van der Waals surface area contributed by atoms with E-state index in [0.29, 0.717) is 55.6 Å². The van der Waals surface area contributed by atoms with Crippen molar-refractivity contribution >= 4 is 17.7 Å². The van der Waals surface area contributed by atoms with Gasteiger partial charge in [0, 0.05) is 37.2 Å². The predicted molar refractivity (Wildman–Crippen MR) is 153 cm³/mol. The summed E-state index contributed by atoms with van der Waals surface area (Å²) in [5, 5.41) is 6.93. The monoisotopic (exact) mass is 549 g/mol. The summed E-state index contributed by atoms with van der Waals surface area (Å²) in [5.41, 5.74) is 11.1. The molecule has 0 saturated carbocycles. The quantitative estimate of drug-likeness (QED) is 0.287. The van der Waals surface area contributed by atoms with E-state index in [9.17, 15) is 9.59 Å². The standard InChI is InChI=1S/C30H39N5O5/c1-18(2)38-25-12-10-20(16-24(25)31)28-33-27(34-40-28)23-11-9-21-17-35(15-13-22(21)19(23)3)26(36)8-7-14-32-29(37)39-30(4,5)6/h9-12,16,18H,7-8,13-15,17,31H2,1-6H3,(H,32,37). The van der Waals surface area contributed by atoms with E-state index in [-0.39, 0.29) is 12.0 Å². The maximum atomic E-state index is 12.8. The van der Waals surface area contributed by atoms with E-state index in [2.05, 4.69) is 22.4 Å². The summed E-state index contributed by atoms with van der Waals surface area (Å²) in [4.78, 5) is 31.1. The van der Waals surface area contributed by atoms with Gasteiger partial charge in [-0.25, -0.2) is 4.79 Å². The molecule has 1 aliphatic rings. The van der Waals surface area contributed by atoms with Crippen molar-refractivity contribution in [3.8, 4) is 28.6 Å². The minimum atomic E-state index is -0.547. The Morgan fingerprint density at radius 3 is 2.67 bits per heavy atom. The highest BCUT2D eigenvalue weighted by Gasteiger charge is 2.24. The molecule has 10 nitrogen and oxygen atoms in total. The first-order valence-corrected chi connectivity index (χ1v) is 13.7. The van der Waals surface area contributed by atoms with Crippen LogP contribution in [0.5, 0.6) is 5.75 Å². The molecule has 0 saturated heterocycles. The zero-order chi connectivity index (χ0) is 29.0. The van der Waals surface area contributed by atoms with Gasteiger partial charge < -0.3 is 29.9 Å². The molecule has 0 unspecified atom stereocenters. The minimum absolute atomic E-state index is 0.0217. The normalized spacial score (nSPS) is 13.2. The van der Waals surface area contributed by atoms with E-state index in [4.69, 9.17) is 19.7 Å². The van der Waals surface area contributed by atoms with Crippen LogP contribution >= 0.6 is 0 Å². The molecular formula is C30H39N5O5. The van der Waals surface area contributed by atoms with E-state index < -0.39 is 11.7 Å². The number of nitrogens with two attached hydrogens (primary N) is 1. The van der Waals surface area contributed by atoms with Crippen LogP contribution in [-0.4, -0.2) is 51.8 Å². The molecule has 10 heteroatoms. The van der Waals surface area contributed by atoms with Gasteiger partial charge in [0.25, 0.3) is 5.89 Å². The Hall–Kier alpha value is -4.08. The predicted octanol–water partition coefficient (Wildman–Crippen LogP) is 5.27. The summed E-state index contributed by atoms with van der Waals surface area (Å²) in [6.45, 7) is 13.0. The number of hydrogen-bond acceptors (Lipinski definition) is 8. The van der Waals surface area contributed by atoms with Crippen molar-refractivity contribution in [3.63, 3.8) is 0 Å². The van der Waals surface area contributed by atoms with E-state index >= 15 is 0 Å². The number of aromatic nitrogens is 2. The third kappa shape index (κ3) is 7.11. The molecule has 0 radical (unpaired) electrons. The van der Waals surface area contributed by atoms with Gasteiger partial charge in [-0.2, -0.15) is 4.98 Å². The lowest BCUT2D eigenvalue weighted by Crippen LogP contribution is -2.37. The molecule has 0 aliphatic carbocycles. The lowest BCUT2D eigenvalue weighted by Gasteiger charge is -2.30. The number of rotatable bonds is 8. The summed E-state index contributed by atoms with van der Waals surface area (Å²) >= 11 is 0. The van der Waals surface area contributed by atoms with Crippen LogP contribution in [-0.2, 0) is 22.5 Å². The second-order valence-corrected chi connectivity index (χ2v) is 11.3. The van der Waals surface area contributed by atoms with Gasteiger partial charge in [0.15, 0.2) is 0 Å². The number of nitrogen functional groups attached to an aromatic ring is 1. The van der Waals surface area contributed by atoms with Crippen LogP contribution in [0.2, 0.25) is 0 Å². The number of amides is 2. The van der Waals surface area contributed by atoms with Crippen molar-refractivity contribution in [2.75, 3.05) is 18.8 Å². The van der Waals surface area contributed by atoms with Gasteiger partial charge in [0.1, 0.15) is 11.4 Å². The number of nitrogens with zero attached hydrogens (tertiary/aromatic N) is 3. The van der Waals surface area contributed by atoms with E-state index in [1.165, 1.54) is 5.56 Å². The molecule has 1 aliphatic heterocycles. The number of alkyl carbamates (subject to hydrolysis) is 1. The Balaban J connectivity index is 1.37. The summed E-state index contributed by atoms with van der Waals surface area (Å²) in [6, 6.07) is 9.45.